The molecule has 26 heavy (non-hydrogen) atoms. The van der Waals surface area contributed by atoms with Crippen LogP contribution in [0.4, 0.5) is 5.82 Å². The zero-order valence-electron chi connectivity index (χ0n) is 15.2. The number of furan rings is 1. The van der Waals surface area contributed by atoms with Crippen LogP contribution in [0.2, 0.25) is 0 Å². The van der Waals surface area contributed by atoms with E-state index in [0.29, 0.717) is 41.3 Å². The number of ketones is 1. The van der Waals surface area contributed by atoms with E-state index in [9.17, 15) is 9.59 Å². The molecule has 1 saturated heterocycles. The zero-order valence-corrected chi connectivity index (χ0v) is 15.2. The molecule has 0 bridgehead atoms. The number of nitrogens with zero attached hydrogens (tertiary/aromatic N) is 3. The number of nitrogens with one attached hydrogen (secondary N) is 1. The second-order valence-corrected chi connectivity index (χ2v) is 7.26. The number of hydrogen-bond donors (Lipinski definition) is 1. The maximum atomic E-state index is 12.9. The highest BCUT2D eigenvalue weighted by molar-refractivity contribution is 6.14. The van der Waals surface area contributed by atoms with Crippen molar-refractivity contribution in [3.05, 3.63) is 34.9 Å². The minimum atomic E-state index is -0.294. The van der Waals surface area contributed by atoms with Crippen molar-refractivity contribution in [3.63, 3.8) is 0 Å². The van der Waals surface area contributed by atoms with Gasteiger partial charge in [-0.1, -0.05) is 0 Å². The topological polar surface area (TPSA) is 80.4 Å². The van der Waals surface area contributed by atoms with E-state index in [1.165, 1.54) is 0 Å². The van der Waals surface area contributed by atoms with E-state index in [4.69, 9.17) is 4.42 Å². The minimum Gasteiger partial charge on any atom is -0.465 e. The average molecular weight is 356 g/mol. The molecule has 1 aliphatic carbocycles. The Hall–Kier alpha value is -2.41. The zero-order chi connectivity index (χ0) is 18.3. The highest BCUT2D eigenvalue weighted by Crippen LogP contribution is 2.31. The molecule has 1 amide bonds. The molecule has 4 rings (SSSR count). The molecule has 1 fully saturated rings. The molecule has 1 N–H and O–H groups in total. The van der Waals surface area contributed by atoms with Crippen LogP contribution >= 0.6 is 0 Å². The molecule has 138 valence electrons. The first-order valence-corrected chi connectivity index (χ1v) is 9.23. The first kappa shape index (κ1) is 17.0. The Balaban J connectivity index is 1.58. The SMILES string of the molecule is Cc1oc2c(c1C(=O)Nc1ccnn1C1CCN(C)CC1)C(=O)CCC2. The van der Waals surface area contributed by atoms with Gasteiger partial charge < -0.3 is 14.6 Å². The molecule has 1 aliphatic heterocycles. The number of Topliss-reactive ketones (excluding diaryl/α,β-unsaturated/α-hetero) is 1. The van der Waals surface area contributed by atoms with Gasteiger partial charge in [0.05, 0.1) is 23.4 Å². The average Bonchev–Trinajstić information content (AvgIpc) is 3.20. The third-order valence-electron chi connectivity index (χ3n) is 5.42. The molecule has 0 unspecified atom stereocenters. The fourth-order valence-corrected chi connectivity index (χ4v) is 4.00. The van der Waals surface area contributed by atoms with Gasteiger partial charge in [0.25, 0.3) is 5.91 Å². The van der Waals surface area contributed by atoms with E-state index in [1.54, 1.807) is 19.2 Å². The van der Waals surface area contributed by atoms with Crippen molar-refractivity contribution in [2.75, 3.05) is 25.5 Å². The molecular weight excluding hydrogens is 332 g/mol. The number of aromatic nitrogens is 2. The molecule has 7 heteroatoms. The predicted molar refractivity (Wildman–Crippen MR) is 96.7 cm³/mol. The molecule has 2 aliphatic rings. The van der Waals surface area contributed by atoms with E-state index < -0.39 is 0 Å². The summed E-state index contributed by atoms with van der Waals surface area (Å²) in [6.07, 6.45) is 5.67. The summed E-state index contributed by atoms with van der Waals surface area (Å²) in [6.45, 7) is 3.77. The lowest BCUT2D eigenvalue weighted by molar-refractivity contribution is 0.0954. The quantitative estimate of drug-likeness (QED) is 0.915. The van der Waals surface area contributed by atoms with Crippen LogP contribution in [0.15, 0.2) is 16.7 Å². The molecule has 0 radical (unpaired) electrons. The monoisotopic (exact) mass is 356 g/mol. The molecule has 0 atom stereocenters. The molecule has 0 saturated carbocycles. The van der Waals surface area contributed by atoms with Crippen LogP contribution in [0.3, 0.4) is 0 Å². The number of carbonyl (C=O) groups is 2. The Morgan fingerprint density at radius 1 is 1.31 bits per heavy atom. The van der Waals surface area contributed by atoms with Crippen LogP contribution < -0.4 is 5.32 Å². The third-order valence-corrected chi connectivity index (χ3v) is 5.42. The van der Waals surface area contributed by atoms with Crippen molar-refractivity contribution < 1.29 is 14.0 Å². The van der Waals surface area contributed by atoms with Crippen LogP contribution in [0, 0.1) is 6.92 Å². The largest absolute Gasteiger partial charge is 0.465 e. The number of piperidine rings is 1. The number of hydrogen-bond acceptors (Lipinski definition) is 5. The Morgan fingerprint density at radius 2 is 2.08 bits per heavy atom. The second kappa shape index (κ2) is 6.72. The molecule has 3 heterocycles. The predicted octanol–water partition coefficient (Wildman–Crippen LogP) is 2.82. The van der Waals surface area contributed by atoms with E-state index in [0.717, 1.165) is 32.4 Å². The first-order chi connectivity index (χ1) is 12.5. The molecule has 0 aromatic carbocycles. The van der Waals surface area contributed by atoms with Crippen LogP contribution in [0.5, 0.6) is 0 Å². The summed E-state index contributed by atoms with van der Waals surface area (Å²) < 4.78 is 7.59. The van der Waals surface area contributed by atoms with Gasteiger partial charge in [-0.2, -0.15) is 5.10 Å². The third kappa shape index (κ3) is 2.96. The van der Waals surface area contributed by atoms with E-state index in [1.807, 2.05) is 4.68 Å². The van der Waals surface area contributed by atoms with Crippen molar-refractivity contribution in [2.24, 2.45) is 0 Å². The Morgan fingerprint density at radius 3 is 2.85 bits per heavy atom. The highest BCUT2D eigenvalue weighted by atomic mass is 16.3. The summed E-state index contributed by atoms with van der Waals surface area (Å²) in [5, 5.41) is 7.37. The van der Waals surface area contributed by atoms with Gasteiger partial charge in [-0.05, 0) is 46.3 Å². The molecular formula is C19H24N4O3. The van der Waals surface area contributed by atoms with Crippen molar-refractivity contribution in [1.29, 1.82) is 0 Å². The van der Waals surface area contributed by atoms with Gasteiger partial charge in [0.15, 0.2) is 5.78 Å². The Bertz CT molecular complexity index is 843. The number of aryl methyl sites for hydroxylation is 2. The van der Waals surface area contributed by atoms with Gasteiger partial charge in [0, 0.05) is 18.9 Å². The number of anilines is 1. The normalized spacial score (nSPS) is 18.8. The maximum absolute atomic E-state index is 12.9. The highest BCUT2D eigenvalue weighted by Gasteiger charge is 2.31. The minimum absolute atomic E-state index is 0.00271. The van der Waals surface area contributed by atoms with Gasteiger partial charge in [0.1, 0.15) is 17.3 Å². The fraction of sp³-hybridized carbons (Fsp3) is 0.526. The Kier molecular flexibility index (Phi) is 4.40. The number of carbonyl (C=O) groups excluding carboxylic acids is 2. The summed E-state index contributed by atoms with van der Waals surface area (Å²) in [5.74, 6) is 1.53. The summed E-state index contributed by atoms with van der Waals surface area (Å²) in [5.41, 5.74) is 0.845. The number of amides is 1. The van der Waals surface area contributed by atoms with Crippen LogP contribution in [0.1, 0.15) is 64.0 Å². The van der Waals surface area contributed by atoms with Crippen molar-refractivity contribution in [1.82, 2.24) is 14.7 Å². The van der Waals surface area contributed by atoms with E-state index in [-0.39, 0.29) is 17.7 Å². The van der Waals surface area contributed by atoms with E-state index >= 15 is 0 Å². The molecule has 0 spiro atoms. The van der Waals surface area contributed by atoms with Gasteiger partial charge in [-0.15, -0.1) is 0 Å². The van der Waals surface area contributed by atoms with Crippen molar-refractivity contribution >= 4 is 17.5 Å². The lowest BCUT2D eigenvalue weighted by atomic mass is 9.93. The number of rotatable bonds is 3. The summed E-state index contributed by atoms with van der Waals surface area (Å²) in [4.78, 5) is 27.5. The first-order valence-electron chi connectivity index (χ1n) is 9.23. The second-order valence-electron chi connectivity index (χ2n) is 7.26. The summed E-state index contributed by atoms with van der Waals surface area (Å²) >= 11 is 0. The van der Waals surface area contributed by atoms with Crippen LogP contribution in [0.25, 0.3) is 0 Å². The van der Waals surface area contributed by atoms with Crippen LogP contribution in [-0.2, 0) is 6.42 Å². The number of fused-ring (bicyclic) bond motifs is 1. The van der Waals surface area contributed by atoms with Gasteiger partial charge in [-0.3, -0.25) is 9.59 Å². The van der Waals surface area contributed by atoms with Gasteiger partial charge in [0.2, 0.25) is 0 Å². The lowest BCUT2D eigenvalue weighted by Crippen LogP contribution is -2.32. The van der Waals surface area contributed by atoms with Crippen molar-refractivity contribution in [2.45, 2.75) is 45.1 Å². The number of likely N-dealkylation sites (tertiary alicyclic amines) is 1. The summed E-state index contributed by atoms with van der Waals surface area (Å²) in [7, 11) is 2.11. The van der Waals surface area contributed by atoms with Gasteiger partial charge in [-0.25, -0.2) is 4.68 Å². The smallest absolute Gasteiger partial charge is 0.261 e. The van der Waals surface area contributed by atoms with Crippen LogP contribution in [-0.4, -0.2) is 46.5 Å². The maximum Gasteiger partial charge on any atom is 0.261 e. The fourth-order valence-electron chi connectivity index (χ4n) is 4.00. The summed E-state index contributed by atoms with van der Waals surface area (Å²) in [6, 6.07) is 2.08. The molecule has 7 nitrogen and oxygen atoms in total. The Labute approximate surface area is 152 Å². The molecule has 2 aromatic heterocycles. The molecule has 2 aromatic rings. The lowest BCUT2D eigenvalue weighted by Gasteiger charge is -2.30. The van der Waals surface area contributed by atoms with E-state index in [2.05, 4.69) is 22.4 Å². The van der Waals surface area contributed by atoms with Gasteiger partial charge >= 0.3 is 0 Å². The van der Waals surface area contributed by atoms with Crippen molar-refractivity contribution in [3.8, 4) is 0 Å². The standard InChI is InChI=1S/C19H24N4O3/c1-12-17(18-14(24)4-3-5-15(18)26-12)19(25)21-16-6-9-20-23(16)13-7-10-22(2)11-8-13/h6,9,13H,3-5,7-8,10-11H2,1-2H3,(H,21,25).